The number of aromatic nitrogens is 2. The maximum Gasteiger partial charge on any atom is 0.227 e. The Bertz CT molecular complexity index is 905. The molecule has 31 heavy (non-hydrogen) atoms. The first-order valence-electron chi connectivity index (χ1n) is 11.2. The van der Waals surface area contributed by atoms with Gasteiger partial charge in [0.2, 0.25) is 11.8 Å². The number of amides is 2. The van der Waals surface area contributed by atoms with Crippen molar-refractivity contribution in [1.29, 1.82) is 0 Å². The Morgan fingerprint density at radius 3 is 2.42 bits per heavy atom. The lowest BCUT2D eigenvalue weighted by atomic mass is 9.95. The molecule has 1 unspecified atom stereocenters. The van der Waals surface area contributed by atoms with Crippen LogP contribution >= 0.6 is 0 Å². The first-order valence-corrected chi connectivity index (χ1v) is 11.2. The summed E-state index contributed by atoms with van der Waals surface area (Å²) in [5.41, 5.74) is 1.98. The molecule has 2 saturated heterocycles. The third-order valence-corrected chi connectivity index (χ3v) is 6.19. The molecule has 0 spiro atoms. The molecule has 3 heterocycles. The topological polar surface area (TPSA) is 69.6 Å². The number of piperazine rings is 1. The molecular formula is C24H31N5O2. The second-order valence-electron chi connectivity index (χ2n) is 8.57. The number of hydrogen-bond acceptors (Lipinski definition) is 5. The monoisotopic (exact) mass is 421 g/mol. The minimum Gasteiger partial charge on any atom is -0.353 e. The normalized spacial score (nSPS) is 19.4. The number of hydrogen-bond donors (Lipinski definition) is 0. The number of piperidine rings is 1. The Hall–Kier alpha value is -2.96. The minimum absolute atomic E-state index is 0.0939. The summed E-state index contributed by atoms with van der Waals surface area (Å²) in [6.45, 7) is 8.08. The number of nitrogens with zero attached hydrogens (tertiary/aromatic N) is 5. The molecular weight excluding hydrogens is 390 g/mol. The van der Waals surface area contributed by atoms with Crippen LogP contribution in [0.4, 0.5) is 5.82 Å². The van der Waals surface area contributed by atoms with E-state index in [1.54, 1.807) is 0 Å². The molecule has 0 aliphatic carbocycles. The van der Waals surface area contributed by atoms with Crippen LogP contribution in [0.2, 0.25) is 0 Å². The van der Waals surface area contributed by atoms with E-state index in [1.165, 1.54) is 0 Å². The van der Waals surface area contributed by atoms with Gasteiger partial charge in [-0.05, 0) is 32.3 Å². The van der Waals surface area contributed by atoms with E-state index in [0.29, 0.717) is 26.1 Å². The molecule has 0 N–H and O–H groups in total. The summed E-state index contributed by atoms with van der Waals surface area (Å²) in [5.74, 6) is 1.92. The van der Waals surface area contributed by atoms with E-state index in [2.05, 4.69) is 14.9 Å². The van der Waals surface area contributed by atoms with Crippen LogP contribution in [0, 0.1) is 19.8 Å². The van der Waals surface area contributed by atoms with Crippen LogP contribution in [0.1, 0.15) is 29.9 Å². The SMILES string of the molecule is Cc1cc(N2CCN(C(=O)C3CCCN(C(=O)Cc4ccccc4)C3)CC2)nc(C)n1. The molecule has 164 valence electrons. The number of rotatable bonds is 4. The third-order valence-electron chi connectivity index (χ3n) is 6.19. The molecule has 1 aromatic heterocycles. The quantitative estimate of drug-likeness (QED) is 0.757. The van der Waals surface area contributed by atoms with E-state index >= 15 is 0 Å². The molecule has 2 aliphatic heterocycles. The summed E-state index contributed by atoms with van der Waals surface area (Å²) in [6.07, 6.45) is 2.15. The van der Waals surface area contributed by atoms with Gasteiger partial charge in [0.05, 0.1) is 12.3 Å². The van der Waals surface area contributed by atoms with Crippen LogP contribution < -0.4 is 4.90 Å². The number of carbonyl (C=O) groups excluding carboxylic acids is 2. The van der Waals surface area contributed by atoms with Crippen molar-refractivity contribution in [2.75, 3.05) is 44.2 Å². The predicted molar refractivity (Wildman–Crippen MR) is 120 cm³/mol. The fourth-order valence-electron chi connectivity index (χ4n) is 4.56. The smallest absolute Gasteiger partial charge is 0.227 e. The molecule has 1 atom stereocenters. The maximum atomic E-state index is 13.2. The van der Waals surface area contributed by atoms with E-state index in [1.807, 2.05) is 60.0 Å². The zero-order valence-corrected chi connectivity index (χ0v) is 18.5. The summed E-state index contributed by atoms with van der Waals surface area (Å²) >= 11 is 0. The lowest BCUT2D eigenvalue weighted by Crippen LogP contribution is -2.53. The molecule has 0 radical (unpaired) electrons. The zero-order chi connectivity index (χ0) is 21.8. The van der Waals surface area contributed by atoms with Crippen molar-refractivity contribution >= 4 is 17.6 Å². The molecule has 7 nitrogen and oxygen atoms in total. The van der Waals surface area contributed by atoms with Gasteiger partial charge in [-0.1, -0.05) is 30.3 Å². The van der Waals surface area contributed by atoms with Crippen LogP contribution in [-0.4, -0.2) is 70.9 Å². The molecule has 2 aromatic rings. The fraction of sp³-hybridized carbons (Fsp3) is 0.500. The average Bonchev–Trinajstić information content (AvgIpc) is 2.79. The standard InChI is InChI=1S/C24H31N5O2/c1-18-15-22(26-19(2)25-18)27-11-13-28(14-12-27)24(31)21-9-6-10-29(17-21)23(30)16-20-7-4-3-5-8-20/h3-5,7-8,15,21H,6,9-14,16-17H2,1-2H3. The van der Waals surface area contributed by atoms with Gasteiger partial charge in [0, 0.05) is 51.0 Å². The fourth-order valence-corrected chi connectivity index (χ4v) is 4.56. The molecule has 2 aliphatic rings. The number of benzene rings is 1. The largest absolute Gasteiger partial charge is 0.353 e. The predicted octanol–water partition coefficient (Wildman–Crippen LogP) is 2.22. The van der Waals surface area contributed by atoms with Gasteiger partial charge in [-0.15, -0.1) is 0 Å². The molecule has 0 bridgehead atoms. The Balaban J connectivity index is 1.31. The highest BCUT2D eigenvalue weighted by Crippen LogP contribution is 2.22. The highest BCUT2D eigenvalue weighted by Gasteiger charge is 2.32. The molecule has 1 aromatic carbocycles. The van der Waals surface area contributed by atoms with Crippen LogP contribution in [-0.2, 0) is 16.0 Å². The molecule has 2 amide bonds. The van der Waals surface area contributed by atoms with E-state index in [0.717, 1.165) is 55.4 Å². The summed E-state index contributed by atoms with van der Waals surface area (Å²) in [7, 11) is 0. The third kappa shape index (κ3) is 5.21. The van der Waals surface area contributed by atoms with E-state index in [4.69, 9.17) is 0 Å². The van der Waals surface area contributed by atoms with Gasteiger partial charge in [-0.2, -0.15) is 0 Å². The zero-order valence-electron chi connectivity index (χ0n) is 18.5. The highest BCUT2D eigenvalue weighted by atomic mass is 16.2. The van der Waals surface area contributed by atoms with Gasteiger partial charge in [0.15, 0.2) is 0 Å². The van der Waals surface area contributed by atoms with Crippen molar-refractivity contribution in [3.63, 3.8) is 0 Å². The second kappa shape index (κ2) is 9.45. The van der Waals surface area contributed by atoms with E-state index in [-0.39, 0.29) is 17.7 Å². The van der Waals surface area contributed by atoms with Crippen LogP contribution in [0.15, 0.2) is 36.4 Å². The lowest BCUT2D eigenvalue weighted by Gasteiger charge is -2.39. The summed E-state index contributed by atoms with van der Waals surface area (Å²) in [6, 6.07) is 11.8. The minimum atomic E-state index is -0.0939. The Kier molecular flexibility index (Phi) is 6.49. The van der Waals surface area contributed by atoms with Crippen molar-refractivity contribution < 1.29 is 9.59 Å². The van der Waals surface area contributed by atoms with Crippen molar-refractivity contribution in [1.82, 2.24) is 19.8 Å². The lowest BCUT2D eigenvalue weighted by molar-refractivity contribution is -0.140. The van der Waals surface area contributed by atoms with Gasteiger partial charge in [-0.25, -0.2) is 9.97 Å². The van der Waals surface area contributed by atoms with Gasteiger partial charge < -0.3 is 14.7 Å². The van der Waals surface area contributed by atoms with Crippen molar-refractivity contribution in [2.24, 2.45) is 5.92 Å². The van der Waals surface area contributed by atoms with Crippen LogP contribution in [0.5, 0.6) is 0 Å². The molecule has 0 saturated carbocycles. The highest BCUT2D eigenvalue weighted by molar-refractivity contribution is 5.82. The second-order valence-corrected chi connectivity index (χ2v) is 8.57. The van der Waals surface area contributed by atoms with E-state index in [9.17, 15) is 9.59 Å². The Morgan fingerprint density at radius 1 is 0.968 bits per heavy atom. The number of likely N-dealkylation sites (tertiary alicyclic amines) is 1. The molecule has 4 rings (SSSR count). The average molecular weight is 422 g/mol. The summed E-state index contributed by atoms with van der Waals surface area (Å²) in [4.78, 5) is 40.9. The van der Waals surface area contributed by atoms with Crippen molar-refractivity contribution in [2.45, 2.75) is 33.1 Å². The van der Waals surface area contributed by atoms with Crippen LogP contribution in [0.25, 0.3) is 0 Å². The number of carbonyl (C=O) groups is 2. The first-order chi connectivity index (χ1) is 15.0. The molecule has 2 fully saturated rings. The first kappa shape index (κ1) is 21.3. The van der Waals surface area contributed by atoms with Gasteiger partial charge in [0.1, 0.15) is 11.6 Å². The Labute approximate surface area is 184 Å². The summed E-state index contributed by atoms with van der Waals surface area (Å²) in [5, 5.41) is 0. The maximum absolute atomic E-state index is 13.2. The van der Waals surface area contributed by atoms with Gasteiger partial charge in [-0.3, -0.25) is 9.59 Å². The van der Waals surface area contributed by atoms with E-state index < -0.39 is 0 Å². The molecule has 7 heteroatoms. The van der Waals surface area contributed by atoms with Crippen molar-refractivity contribution in [3.8, 4) is 0 Å². The van der Waals surface area contributed by atoms with Crippen molar-refractivity contribution in [3.05, 3.63) is 53.5 Å². The van der Waals surface area contributed by atoms with Crippen LogP contribution in [0.3, 0.4) is 0 Å². The Morgan fingerprint density at radius 2 is 1.71 bits per heavy atom. The summed E-state index contributed by atoms with van der Waals surface area (Å²) < 4.78 is 0. The number of anilines is 1. The number of aryl methyl sites for hydroxylation is 2. The van der Waals surface area contributed by atoms with Gasteiger partial charge in [0.25, 0.3) is 0 Å². The van der Waals surface area contributed by atoms with Gasteiger partial charge >= 0.3 is 0 Å².